The Morgan fingerprint density at radius 3 is 2.40 bits per heavy atom. The number of anilines is 2. The molecule has 0 aromatic heterocycles. The molecule has 4 nitrogen and oxygen atoms in total. The van der Waals surface area contributed by atoms with Gasteiger partial charge >= 0.3 is 0 Å². The zero-order valence-electron chi connectivity index (χ0n) is 15.2. The minimum Gasteiger partial charge on any atom is -0.372 e. The van der Waals surface area contributed by atoms with Gasteiger partial charge in [-0.1, -0.05) is 24.3 Å². The molecular formula is C21H27N3O. The lowest BCUT2D eigenvalue weighted by Crippen LogP contribution is -2.37. The molecule has 2 aromatic rings. The maximum atomic E-state index is 12.4. The molecule has 2 aromatic carbocycles. The van der Waals surface area contributed by atoms with E-state index in [4.69, 9.17) is 0 Å². The van der Waals surface area contributed by atoms with E-state index in [2.05, 4.69) is 65.4 Å². The van der Waals surface area contributed by atoms with Gasteiger partial charge in [0.15, 0.2) is 0 Å². The van der Waals surface area contributed by atoms with E-state index in [1.807, 2.05) is 12.1 Å². The van der Waals surface area contributed by atoms with E-state index < -0.39 is 0 Å². The highest BCUT2D eigenvalue weighted by Gasteiger charge is 2.18. The fourth-order valence-corrected chi connectivity index (χ4v) is 3.44. The van der Waals surface area contributed by atoms with Crippen LogP contribution in [-0.2, 0) is 17.8 Å². The van der Waals surface area contributed by atoms with Gasteiger partial charge in [0.2, 0.25) is 5.91 Å². The van der Waals surface area contributed by atoms with Crippen LogP contribution in [0.5, 0.6) is 0 Å². The summed E-state index contributed by atoms with van der Waals surface area (Å²) < 4.78 is 0. The topological polar surface area (TPSA) is 35.6 Å². The van der Waals surface area contributed by atoms with Crippen molar-refractivity contribution in [1.82, 2.24) is 4.90 Å². The van der Waals surface area contributed by atoms with Crippen LogP contribution in [-0.4, -0.2) is 37.0 Å². The van der Waals surface area contributed by atoms with E-state index in [0.29, 0.717) is 6.54 Å². The van der Waals surface area contributed by atoms with Gasteiger partial charge in [-0.3, -0.25) is 9.69 Å². The summed E-state index contributed by atoms with van der Waals surface area (Å²) in [5.41, 5.74) is 4.80. The summed E-state index contributed by atoms with van der Waals surface area (Å²) in [4.78, 5) is 16.9. The highest BCUT2D eigenvalue weighted by atomic mass is 16.2. The smallest absolute Gasteiger partial charge is 0.238 e. The largest absolute Gasteiger partial charge is 0.372 e. The third-order valence-electron chi connectivity index (χ3n) is 4.86. The number of carbonyl (C=O) groups is 1. The third-order valence-corrected chi connectivity index (χ3v) is 4.86. The van der Waals surface area contributed by atoms with Crippen molar-refractivity contribution < 1.29 is 4.79 Å². The van der Waals surface area contributed by atoms with E-state index in [0.717, 1.165) is 38.3 Å². The number of benzene rings is 2. The van der Waals surface area contributed by atoms with Crippen molar-refractivity contribution in [2.75, 3.05) is 36.4 Å². The maximum absolute atomic E-state index is 12.4. The maximum Gasteiger partial charge on any atom is 0.238 e. The summed E-state index contributed by atoms with van der Waals surface area (Å²) in [5.74, 6) is 0.0509. The predicted octanol–water partition coefficient (Wildman–Crippen LogP) is 3.53. The number of hydrogen-bond donors (Lipinski definition) is 1. The molecule has 0 bridgehead atoms. The van der Waals surface area contributed by atoms with Gasteiger partial charge in [-0.2, -0.15) is 0 Å². The number of rotatable bonds is 6. The molecule has 0 saturated heterocycles. The van der Waals surface area contributed by atoms with Gasteiger partial charge in [0.1, 0.15) is 0 Å². The van der Waals surface area contributed by atoms with Gasteiger partial charge in [-0.25, -0.2) is 0 Å². The molecule has 0 saturated carbocycles. The molecule has 4 heteroatoms. The molecule has 0 atom stereocenters. The van der Waals surface area contributed by atoms with Crippen LogP contribution < -0.4 is 10.2 Å². The summed E-state index contributed by atoms with van der Waals surface area (Å²) in [6.07, 6.45) is 1.02. The lowest BCUT2D eigenvalue weighted by Gasteiger charge is -2.28. The zero-order chi connectivity index (χ0) is 17.6. The first-order valence-corrected chi connectivity index (χ1v) is 9.13. The summed E-state index contributed by atoms with van der Waals surface area (Å²) >= 11 is 0. The predicted molar refractivity (Wildman–Crippen MR) is 104 cm³/mol. The van der Waals surface area contributed by atoms with E-state index in [1.54, 1.807) is 0 Å². The lowest BCUT2D eigenvalue weighted by molar-refractivity contribution is -0.117. The molecule has 132 valence electrons. The van der Waals surface area contributed by atoms with Gasteiger partial charge in [-0.15, -0.1) is 0 Å². The number of hydrogen-bond acceptors (Lipinski definition) is 3. The lowest BCUT2D eigenvalue weighted by atomic mass is 10.00. The second-order valence-corrected chi connectivity index (χ2v) is 6.50. The van der Waals surface area contributed by atoms with Crippen LogP contribution >= 0.6 is 0 Å². The minimum absolute atomic E-state index is 0.0509. The van der Waals surface area contributed by atoms with Crippen LogP contribution in [0.3, 0.4) is 0 Å². The van der Waals surface area contributed by atoms with Crippen molar-refractivity contribution in [3.05, 3.63) is 59.7 Å². The Hall–Kier alpha value is -2.33. The van der Waals surface area contributed by atoms with Crippen molar-refractivity contribution in [2.45, 2.75) is 26.8 Å². The molecule has 3 rings (SSSR count). The van der Waals surface area contributed by atoms with E-state index >= 15 is 0 Å². The number of nitrogens with zero attached hydrogens (tertiary/aromatic N) is 2. The average Bonchev–Trinajstić information content (AvgIpc) is 2.64. The molecule has 1 aliphatic heterocycles. The highest BCUT2D eigenvalue weighted by Crippen LogP contribution is 2.19. The SMILES string of the molecule is CCN(CC)c1ccc(NC(=O)CN2CCc3ccccc3C2)cc1. The Morgan fingerprint density at radius 1 is 1.04 bits per heavy atom. The molecule has 0 aliphatic carbocycles. The van der Waals surface area contributed by atoms with Crippen molar-refractivity contribution in [3.8, 4) is 0 Å². The van der Waals surface area contributed by atoms with E-state index in [1.165, 1.54) is 16.8 Å². The summed E-state index contributed by atoms with van der Waals surface area (Å²) in [7, 11) is 0. The molecular weight excluding hydrogens is 310 g/mol. The molecule has 1 N–H and O–H groups in total. The fourth-order valence-electron chi connectivity index (χ4n) is 3.44. The number of fused-ring (bicyclic) bond motifs is 1. The highest BCUT2D eigenvalue weighted by molar-refractivity contribution is 5.92. The van der Waals surface area contributed by atoms with Gasteiger partial charge in [-0.05, 0) is 55.7 Å². The molecule has 25 heavy (non-hydrogen) atoms. The second kappa shape index (κ2) is 8.17. The van der Waals surface area contributed by atoms with Crippen LogP contribution in [0, 0.1) is 0 Å². The van der Waals surface area contributed by atoms with Gasteiger partial charge in [0.25, 0.3) is 0 Å². The molecule has 0 radical (unpaired) electrons. The van der Waals surface area contributed by atoms with Crippen LogP contribution in [0.2, 0.25) is 0 Å². The zero-order valence-corrected chi connectivity index (χ0v) is 15.2. The normalized spacial score (nSPS) is 14.0. The van der Waals surface area contributed by atoms with E-state index in [-0.39, 0.29) is 5.91 Å². The molecule has 0 fully saturated rings. The van der Waals surface area contributed by atoms with Crippen molar-refractivity contribution in [2.24, 2.45) is 0 Å². The average molecular weight is 337 g/mol. The molecule has 0 spiro atoms. The monoisotopic (exact) mass is 337 g/mol. The molecule has 0 unspecified atom stereocenters. The van der Waals surface area contributed by atoms with Crippen LogP contribution in [0.25, 0.3) is 0 Å². The van der Waals surface area contributed by atoms with Crippen LogP contribution in [0.15, 0.2) is 48.5 Å². The Morgan fingerprint density at radius 2 is 1.72 bits per heavy atom. The Bertz CT molecular complexity index is 707. The molecule has 1 amide bonds. The number of nitrogens with one attached hydrogen (secondary N) is 1. The Balaban J connectivity index is 1.54. The van der Waals surface area contributed by atoms with Gasteiger partial charge in [0, 0.05) is 37.6 Å². The van der Waals surface area contributed by atoms with E-state index in [9.17, 15) is 4.79 Å². The molecule has 1 aliphatic rings. The van der Waals surface area contributed by atoms with Gasteiger partial charge in [0.05, 0.1) is 6.54 Å². The third kappa shape index (κ3) is 4.40. The first-order chi connectivity index (χ1) is 12.2. The van der Waals surface area contributed by atoms with Gasteiger partial charge < -0.3 is 10.2 Å². The van der Waals surface area contributed by atoms with Crippen LogP contribution in [0.4, 0.5) is 11.4 Å². The first kappa shape index (κ1) is 17.5. The first-order valence-electron chi connectivity index (χ1n) is 9.13. The Kier molecular flexibility index (Phi) is 5.71. The Labute approximate surface area is 150 Å². The number of carbonyl (C=O) groups excluding carboxylic acids is 1. The quantitative estimate of drug-likeness (QED) is 0.876. The summed E-state index contributed by atoms with van der Waals surface area (Å²) in [6, 6.07) is 16.6. The second-order valence-electron chi connectivity index (χ2n) is 6.50. The minimum atomic E-state index is 0.0509. The van der Waals surface area contributed by atoms with Crippen molar-refractivity contribution >= 4 is 17.3 Å². The number of amides is 1. The summed E-state index contributed by atoms with van der Waals surface area (Å²) in [5, 5.41) is 3.02. The molecule has 1 heterocycles. The standard InChI is InChI=1S/C21H27N3O/c1-3-24(4-2)20-11-9-19(10-12-20)22-21(25)16-23-14-13-17-7-5-6-8-18(17)15-23/h5-12H,3-4,13-16H2,1-2H3,(H,22,25). The van der Waals surface area contributed by atoms with Crippen molar-refractivity contribution in [1.29, 1.82) is 0 Å². The summed E-state index contributed by atoms with van der Waals surface area (Å²) in [6.45, 7) is 8.49. The van der Waals surface area contributed by atoms with Crippen LogP contribution in [0.1, 0.15) is 25.0 Å². The van der Waals surface area contributed by atoms with Crippen molar-refractivity contribution in [3.63, 3.8) is 0 Å². The fraction of sp³-hybridized carbons (Fsp3) is 0.381.